The van der Waals surface area contributed by atoms with Crippen molar-refractivity contribution < 1.29 is 29.3 Å². The van der Waals surface area contributed by atoms with E-state index in [-0.39, 0.29) is 17.7 Å². The van der Waals surface area contributed by atoms with Crippen molar-refractivity contribution in [3.8, 4) is 11.5 Å². The molecular weight excluding hydrogens is 460 g/mol. The van der Waals surface area contributed by atoms with Crippen LogP contribution in [0.25, 0.3) is 6.08 Å². The number of rotatable bonds is 5. The molecule has 2 aliphatic heterocycles. The Kier molecular flexibility index (Phi) is 4.73. The highest BCUT2D eigenvalue weighted by molar-refractivity contribution is 5.91. The van der Waals surface area contributed by atoms with Gasteiger partial charge in [0.2, 0.25) is 5.91 Å². The second-order valence-electron chi connectivity index (χ2n) is 11.3. The average Bonchev–Trinajstić information content (AvgIpc) is 3.38. The molecule has 8 nitrogen and oxygen atoms in total. The van der Waals surface area contributed by atoms with Gasteiger partial charge < -0.3 is 29.4 Å². The largest absolute Gasteiger partial charge is 0.504 e. The SMILES string of the molecule is CN(C(=O)/C=C/c1ccco1)[C@@H]1CC[C@@]2(O)[C@H]3[C@@H](O)c4ccc(O)c5c4[C@@]2(CCN3CC2CC2)[C@H]1O5. The number of hydrogen-bond donors (Lipinski definition) is 3. The van der Waals surface area contributed by atoms with E-state index in [9.17, 15) is 20.1 Å². The van der Waals surface area contributed by atoms with Gasteiger partial charge in [-0.2, -0.15) is 0 Å². The first kappa shape index (κ1) is 22.4. The Hall–Kier alpha value is -2.81. The Morgan fingerprint density at radius 1 is 1.25 bits per heavy atom. The predicted octanol–water partition coefficient (Wildman–Crippen LogP) is 2.58. The lowest BCUT2D eigenvalue weighted by Gasteiger charge is -2.65. The molecule has 2 bridgehead atoms. The van der Waals surface area contributed by atoms with Crippen LogP contribution in [-0.2, 0) is 10.2 Å². The van der Waals surface area contributed by atoms with Gasteiger partial charge in [-0.3, -0.25) is 9.69 Å². The molecule has 1 amide bonds. The number of nitrogens with zero attached hydrogens (tertiary/aromatic N) is 2. The number of carbonyl (C=O) groups excluding carboxylic acids is 1. The summed E-state index contributed by atoms with van der Waals surface area (Å²) in [5.41, 5.74) is -0.558. The molecule has 3 aliphatic carbocycles. The lowest BCUT2D eigenvalue weighted by atomic mass is 9.47. The minimum atomic E-state index is -1.22. The Morgan fingerprint density at radius 3 is 2.83 bits per heavy atom. The molecule has 6 atom stereocenters. The zero-order valence-electron chi connectivity index (χ0n) is 20.3. The maximum absolute atomic E-state index is 13.2. The van der Waals surface area contributed by atoms with Crippen LogP contribution in [-0.4, -0.2) is 75.0 Å². The van der Waals surface area contributed by atoms with Crippen molar-refractivity contribution in [1.82, 2.24) is 9.80 Å². The van der Waals surface area contributed by atoms with Crippen LogP contribution in [0.4, 0.5) is 0 Å². The molecule has 3 fully saturated rings. The number of benzene rings is 1. The normalized spacial score (nSPS) is 36.5. The molecule has 190 valence electrons. The summed E-state index contributed by atoms with van der Waals surface area (Å²) >= 11 is 0. The van der Waals surface area contributed by atoms with Gasteiger partial charge in [0.1, 0.15) is 11.9 Å². The van der Waals surface area contributed by atoms with Crippen molar-refractivity contribution >= 4 is 12.0 Å². The monoisotopic (exact) mass is 492 g/mol. The number of carbonyl (C=O) groups is 1. The number of amides is 1. The number of phenols is 1. The van der Waals surface area contributed by atoms with Gasteiger partial charge in [-0.05, 0) is 74.4 Å². The van der Waals surface area contributed by atoms with Crippen LogP contribution in [0.15, 0.2) is 41.0 Å². The highest BCUT2D eigenvalue weighted by Gasteiger charge is 2.75. The number of aromatic hydroxyl groups is 1. The molecule has 2 aromatic rings. The fourth-order valence-electron chi connectivity index (χ4n) is 7.74. The summed E-state index contributed by atoms with van der Waals surface area (Å²) in [5.74, 6) is 1.41. The highest BCUT2D eigenvalue weighted by atomic mass is 16.5. The van der Waals surface area contributed by atoms with Crippen molar-refractivity contribution in [2.45, 2.75) is 67.4 Å². The van der Waals surface area contributed by atoms with E-state index < -0.39 is 29.3 Å². The van der Waals surface area contributed by atoms with Gasteiger partial charge in [-0.25, -0.2) is 0 Å². The van der Waals surface area contributed by atoms with Crippen molar-refractivity contribution in [2.75, 3.05) is 20.1 Å². The molecule has 0 unspecified atom stereocenters. The lowest BCUT2D eigenvalue weighted by Crippen LogP contribution is -2.79. The zero-order valence-corrected chi connectivity index (χ0v) is 20.3. The molecule has 0 radical (unpaired) electrons. The number of likely N-dealkylation sites (tertiary alicyclic amines) is 1. The number of aliphatic hydroxyl groups excluding tert-OH is 1. The van der Waals surface area contributed by atoms with E-state index in [2.05, 4.69) is 4.90 Å². The van der Waals surface area contributed by atoms with Gasteiger partial charge in [-0.15, -0.1) is 0 Å². The molecule has 5 aliphatic rings. The molecular formula is C28H32N2O6. The molecule has 36 heavy (non-hydrogen) atoms. The van der Waals surface area contributed by atoms with Crippen LogP contribution in [0.1, 0.15) is 55.1 Å². The summed E-state index contributed by atoms with van der Waals surface area (Å²) in [7, 11) is 1.77. The van der Waals surface area contributed by atoms with Crippen LogP contribution in [0.5, 0.6) is 11.5 Å². The molecule has 1 aromatic carbocycles. The third kappa shape index (κ3) is 2.83. The molecule has 8 heteroatoms. The number of piperidine rings is 1. The maximum atomic E-state index is 13.2. The Bertz CT molecular complexity index is 1240. The van der Waals surface area contributed by atoms with E-state index in [4.69, 9.17) is 9.15 Å². The van der Waals surface area contributed by atoms with Crippen LogP contribution in [0, 0.1) is 5.92 Å². The van der Waals surface area contributed by atoms with Gasteiger partial charge in [0.25, 0.3) is 0 Å². The minimum absolute atomic E-state index is 0.0105. The Balaban J connectivity index is 1.30. The smallest absolute Gasteiger partial charge is 0.246 e. The molecule has 1 aromatic heterocycles. The summed E-state index contributed by atoms with van der Waals surface area (Å²) in [4.78, 5) is 17.2. The summed E-state index contributed by atoms with van der Waals surface area (Å²) in [5, 5.41) is 34.9. The average molecular weight is 493 g/mol. The summed E-state index contributed by atoms with van der Waals surface area (Å²) in [6.45, 7) is 1.61. The fourth-order valence-corrected chi connectivity index (χ4v) is 7.74. The molecule has 2 saturated carbocycles. The van der Waals surface area contributed by atoms with Crippen molar-refractivity contribution in [3.63, 3.8) is 0 Å². The first-order chi connectivity index (χ1) is 17.3. The fraction of sp³-hybridized carbons (Fsp3) is 0.536. The molecule has 3 N–H and O–H groups in total. The van der Waals surface area contributed by atoms with E-state index in [1.807, 2.05) is 0 Å². The lowest BCUT2D eigenvalue weighted by molar-refractivity contribution is -0.223. The van der Waals surface area contributed by atoms with Crippen molar-refractivity contribution in [1.29, 1.82) is 0 Å². The van der Waals surface area contributed by atoms with E-state index in [0.717, 1.165) is 24.2 Å². The van der Waals surface area contributed by atoms with Crippen LogP contribution >= 0.6 is 0 Å². The van der Waals surface area contributed by atoms with Crippen LogP contribution in [0.3, 0.4) is 0 Å². The first-order valence-corrected chi connectivity index (χ1v) is 13.0. The molecule has 3 heterocycles. The number of furan rings is 1. The Labute approximate surface area is 209 Å². The number of likely N-dealkylation sites (N-methyl/N-ethyl adjacent to an activating group) is 1. The second-order valence-corrected chi connectivity index (χ2v) is 11.3. The van der Waals surface area contributed by atoms with Crippen molar-refractivity contribution in [2.24, 2.45) is 5.92 Å². The number of hydrogen-bond acceptors (Lipinski definition) is 7. The van der Waals surface area contributed by atoms with Gasteiger partial charge in [0, 0.05) is 25.2 Å². The maximum Gasteiger partial charge on any atom is 0.246 e. The van der Waals surface area contributed by atoms with E-state index >= 15 is 0 Å². The van der Waals surface area contributed by atoms with E-state index in [1.165, 1.54) is 18.9 Å². The summed E-state index contributed by atoms with van der Waals surface area (Å²) < 4.78 is 11.8. The molecule has 1 spiro atoms. The summed E-state index contributed by atoms with van der Waals surface area (Å²) in [6.07, 6.45) is 7.32. The third-order valence-corrected chi connectivity index (χ3v) is 9.55. The summed E-state index contributed by atoms with van der Waals surface area (Å²) in [6, 6.07) is 6.17. The van der Waals surface area contributed by atoms with E-state index in [1.54, 1.807) is 48.6 Å². The zero-order chi connectivity index (χ0) is 24.8. The predicted molar refractivity (Wildman–Crippen MR) is 130 cm³/mol. The van der Waals surface area contributed by atoms with Gasteiger partial charge in [-0.1, -0.05) is 6.07 Å². The second kappa shape index (κ2) is 7.60. The standard InChI is InChI=1S/C28H32N2O6/c1-29(21(32)9-6-17-3-2-14-35-17)19-10-11-28(34)25-23(33)18-7-8-20(31)24-22(18)27(28,26(19)36-24)12-13-30(25)15-16-4-5-16/h2-3,6-9,14,16,19,23,25-26,31,33-34H,4-5,10-13,15H2,1H3/b9-6+/t19-,23+,25-,26+,27+,28-/m1/s1. The van der Waals surface area contributed by atoms with Gasteiger partial charge >= 0.3 is 0 Å². The minimum Gasteiger partial charge on any atom is -0.504 e. The number of phenolic OH excluding ortho intramolecular Hbond substituents is 1. The third-order valence-electron chi connectivity index (χ3n) is 9.55. The highest BCUT2D eigenvalue weighted by Crippen LogP contribution is 2.67. The van der Waals surface area contributed by atoms with Crippen molar-refractivity contribution in [3.05, 3.63) is 53.5 Å². The first-order valence-electron chi connectivity index (χ1n) is 13.0. The quantitative estimate of drug-likeness (QED) is 0.551. The number of ether oxygens (including phenoxy) is 1. The molecule has 7 rings (SSSR count). The van der Waals surface area contributed by atoms with Gasteiger partial charge in [0.15, 0.2) is 11.5 Å². The Morgan fingerprint density at radius 2 is 2.08 bits per heavy atom. The molecule has 1 saturated heterocycles. The van der Waals surface area contributed by atoms with Crippen LogP contribution < -0.4 is 4.74 Å². The van der Waals surface area contributed by atoms with Crippen LogP contribution in [0.2, 0.25) is 0 Å². The van der Waals surface area contributed by atoms with E-state index in [0.29, 0.717) is 36.7 Å². The number of aliphatic hydroxyl groups is 2. The van der Waals surface area contributed by atoms with Gasteiger partial charge in [0.05, 0.1) is 35.5 Å². The topological polar surface area (TPSA) is 107 Å².